The first kappa shape index (κ1) is 31.2. The van der Waals surface area contributed by atoms with Gasteiger partial charge >= 0.3 is 0 Å². The van der Waals surface area contributed by atoms with Gasteiger partial charge in [0.25, 0.3) is 10.0 Å². The average Bonchev–Trinajstić information content (AvgIpc) is 2.95. The molecule has 40 heavy (non-hydrogen) atoms. The van der Waals surface area contributed by atoms with E-state index in [2.05, 4.69) is 21.2 Å². The van der Waals surface area contributed by atoms with E-state index in [1.54, 1.807) is 43.3 Å². The number of halogens is 1. The van der Waals surface area contributed by atoms with E-state index in [0.717, 1.165) is 26.3 Å². The fourth-order valence-corrected chi connectivity index (χ4v) is 5.64. The van der Waals surface area contributed by atoms with Crippen molar-refractivity contribution in [3.8, 4) is 5.75 Å². The standard InChI is InChI=1S/C30H36BrN3O5S/c1-6-22(3)32-30(36)23(4)33(19-24-12-14-25(31)15-13-24)29(35)20-34(26-8-7-9-27(18-26)39-5)40(37,38)28-16-10-21(2)11-17-28/h7-18,22-23H,6,19-20H2,1-5H3,(H,32,36)/t22-,23-/m1/s1. The Kier molecular flexibility index (Phi) is 10.8. The molecule has 3 aromatic rings. The second-order valence-corrected chi connectivity index (χ2v) is 12.4. The van der Waals surface area contributed by atoms with E-state index in [1.165, 1.54) is 24.1 Å². The monoisotopic (exact) mass is 629 g/mol. The second-order valence-electron chi connectivity index (χ2n) is 9.67. The van der Waals surface area contributed by atoms with Gasteiger partial charge in [0.05, 0.1) is 17.7 Å². The molecule has 0 radical (unpaired) electrons. The molecule has 0 saturated heterocycles. The fourth-order valence-electron chi connectivity index (χ4n) is 3.97. The van der Waals surface area contributed by atoms with Crippen molar-refractivity contribution < 1.29 is 22.7 Å². The molecule has 2 amide bonds. The number of anilines is 1. The molecule has 0 aliphatic rings. The summed E-state index contributed by atoms with van der Waals surface area (Å²) in [5.74, 6) is -0.385. The van der Waals surface area contributed by atoms with Gasteiger partial charge in [-0.1, -0.05) is 58.7 Å². The van der Waals surface area contributed by atoms with Gasteiger partial charge in [-0.3, -0.25) is 13.9 Å². The predicted molar refractivity (Wildman–Crippen MR) is 161 cm³/mol. The van der Waals surface area contributed by atoms with Gasteiger partial charge in [-0.05, 0) is 69.2 Å². The highest BCUT2D eigenvalue weighted by atomic mass is 79.9. The molecule has 8 nitrogen and oxygen atoms in total. The van der Waals surface area contributed by atoms with E-state index in [0.29, 0.717) is 5.75 Å². The number of carbonyl (C=O) groups is 2. The Balaban J connectivity index is 2.04. The van der Waals surface area contributed by atoms with Crippen LogP contribution >= 0.6 is 15.9 Å². The summed E-state index contributed by atoms with van der Waals surface area (Å²) in [6, 6.07) is 19.5. The van der Waals surface area contributed by atoms with Crippen LogP contribution in [0, 0.1) is 6.92 Å². The number of nitrogens with one attached hydrogen (secondary N) is 1. The summed E-state index contributed by atoms with van der Waals surface area (Å²) in [6.07, 6.45) is 0.734. The first-order valence-electron chi connectivity index (χ1n) is 13.0. The van der Waals surface area contributed by atoms with Gasteiger partial charge < -0.3 is 15.0 Å². The van der Waals surface area contributed by atoms with Crippen LogP contribution in [0.4, 0.5) is 5.69 Å². The van der Waals surface area contributed by atoms with Crippen molar-refractivity contribution in [2.24, 2.45) is 0 Å². The van der Waals surface area contributed by atoms with Crippen molar-refractivity contribution in [1.82, 2.24) is 10.2 Å². The largest absolute Gasteiger partial charge is 0.497 e. The van der Waals surface area contributed by atoms with Crippen molar-refractivity contribution in [3.63, 3.8) is 0 Å². The van der Waals surface area contributed by atoms with Gasteiger partial charge in [-0.2, -0.15) is 0 Å². The van der Waals surface area contributed by atoms with Crippen molar-refractivity contribution >= 4 is 43.5 Å². The van der Waals surface area contributed by atoms with E-state index in [1.807, 2.05) is 45.0 Å². The van der Waals surface area contributed by atoms with Crippen molar-refractivity contribution in [1.29, 1.82) is 0 Å². The third-order valence-electron chi connectivity index (χ3n) is 6.66. The number of hydrogen-bond donors (Lipinski definition) is 1. The summed E-state index contributed by atoms with van der Waals surface area (Å²) in [5, 5.41) is 2.93. The highest BCUT2D eigenvalue weighted by molar-refractivity contribution is 9.10. The first-order chi connectivity index (χ1) is 19.0. The predicted octanol–water partition coefficient (Wildman–Crippen LogP) is 5.29. The maximum Gasteiger partial charge on any atom is 0.264 e. The lowest BCUT2D eigenvalue weighted by atomic mass is 10.1. The molecule has 0 spiro atoms. The summed E-state index contributed by atoms with van der Waals surface area (Å²) in [5.41, 5.74) is 1.98. The Bertz CT molecular complexity index is 1410. The Morgan fingerprint density at radius 1 is 1.00 bits per heavy atom. The number of carbonyl (C=O) groups excluding carboxylic acids is 2. The lowest BCUT2D eigenvalue weighted by Crippen LogP contribution is -2.52. The smallest absolute Gasteiger partial charge is 0.264 e. The van der Waals surface area contributed by atoms with Crippen LogP contribution in [-0.4, -0.2) is 50.9 Å². The Morgan fingerprint density at radius 3 is 2.25 bits per heavy atom. The minimum atomic E-state index is -4.15. The molecule has 10 heteroatoms. The fraction of sp³-hybridized carbons (Fsp3) is 0.333. The van der Waals surface area contributed by atoms with Gasteiger partial charge in [0.15, 0.2) is 0 Å². The number of methoxy groups -OCH3 is 1. The van der Waals surface area contributed by atoms with E-state index in [9.17, 15) is 18.0 Å². The maximum atomic E-state index is 14.0. The summed E-state index contributed by atoms with van der Waals surface area (Å²) in [4.78, 5) is 28.6. The molecule has 0 aromatic heterocycles. The molecule has 0 fully saturated rings. The third-order valence-corrected chi connectivity index (χ3v) is 8.98. The van der Waals surface area contributed by atoms with Crippen LogP contribution in [0.1, 0.15) is 38.3 Å². The molecule has 1 N–H and O–H groups in total. The van der Waals surface area contributed by atoms with Crippen LogP contribution in [0.15, 0.2) is 82.2 Å². The average molecular weight is 631 g/mol. The number of sulfonamides is 1. The molecule has 0 aliphatic heterocycles. The molecule has 0 aliphatic carbocycles. The molecule has 0 unspecified atom stereocenters. The molecule has 3 aromatic carbocycles. The molecule has 3 rings (SSSR count). The van der Waals surface area contributed by atoms with Crippen LogP contribution in [0.3, 0.4) is 0 Å². The minimum absolute atomic E-state index is 0.0516. The van der Waals surface area contributed by atoms with Crippen LogP contribution in [-0.2, 0) is 26.2 Å². The van der Waals surface area contributed by atoms with E-state index in [-0.39, 0.29) is 29.1 Å². The summed E-state index contributed by atoms with van der Waals surface area (Å²) in [7, 11) is -2.66. The zero-order valence-corrected chi connectivity index (χ0v) is 25.8. The summed E-state index contributed by atoms with van der Waals surface area (Å²) < 4.78 is 35.1. The van der Waals surface area contributed by atoms with E-state index < -0.39 is 28.5 Å². The van der Waals surface area contributed by atoms with Crippen LogP contribution < -0.4 is 14.4 Å². The minimum Gasteiger partial charge on any atom is -0.497 e. The Hall–Kier alpha value is -3.37. The number of amides is 2. The summed E-state index contributed by atoms with van der Waals surface area (Å²) in [6.45, 7) is 6.98. The van der Waals surface area contributed by atoms with Crippen molar-refractivity contribution in [3.05, 3.63) is 88.4 Å². The van der Waals surface area contributed by atoms with Crippen molar-refractivity contribution in [2.45, 2.75) is 57.6 Å². The number of benzene rings is 3. The Morgan fingerprint density at radius 2 is 1.65 bits per heavy atom. The molecular weight excluding hydrogens is 594 g/mol. The molecular formula is C30H36BrN3O5S. The number of nitrogens with zero attached hydrogens (tertiary/aromatic N) is 2. The van der Waals surface area contributed by atoms with Crippen LogP contribution in [0.2, 0.25) is 0 Å². The number of rotatable bonds is 12. The topological polar surface area (TPSA) is 96.0 Å². The van der Waals surface area contributed by atoms with Crippen LogP contribution in [0.25, 0.3) is 0 Å². The highest BCUT2D eigenvalue weighted by Crippen LogP contribution is 2.28. The molecule has 0 saturated carbocycles. The SMILES string of the molecule is CC[C@@H](C)NC(=O)[C@@H](C)N(Cc1ccc(Br)cc1)C(=O)CN(c1cccc(OC)c1)S(=O)(=O)c1ccc(C)cc1. The van der Waals surface area contributed by atoms with E-state index >= 15 is 0 Å². The highest BCUT2D eigenvalue weighted by Gasteiger charge is 2.33. The van der Waals surface area contributed by atoms with Gasteiger partial charge in [0.1, 0.15) is 18.3 Å². The number of aryl methyl sites for hydroxylation is 1. The van der Waals surface area contributed by atoms with Gasteiger partial charge in [0, 0.05) is 23.1 Å². The zero-order chi connectivity index (χ0) is 29.4. The Labute approximate surface area is 245 Å². The first-order valence-corrected chi connectivity index (χ1v) is 15.3. The molecule has 214 valence electrons. The van der Waals surface area contributed by atoms with E-state index in [4.69, 9.17) is 4.74 Å². The van der Waals surface area contributed by atoms with Gasteiger partial charge in [0.2, 0.25) is 11.8 Å². The zero-order valence-electron chi connectivity index (χ0n) is 23.4. The quantitative estimate of drug-likeness (QED) is 0.294. The normalized spacial score (nSPS) is 12.8. The molecule has 0 heterocycles. The van der Waals surface area contributed by atoms with Crippen LogP contribution in [0.5, 0.6) is 5.75 Å². The lowest BCUT2D eigenvalue weighted by Gasteiger charge is -2.32. The summed E-state index contributed by atoms with van der Waals surface area (Å²) >= 11 is 3.42. The van der Waals surface area contributed by atoms with Crippen molar-refractivity contribution in [2.75, 3.05) is 18.0 Å². The second kappa shape index (κ2) is 13.8. The molecule has 2 atom stereocenters. The molecule has 0 bridgehead atoms. The number of hydrogen-bond acceptors (Lipinski definition) is 5. The van der Waals surface area contributed by atoms with Gasteiger partial charge in [-0.15, -0.1) is 0 Å². The maximum absolute atomic E-state index is 14.0. The lowest BCUT2D eigenvalue weighted by molar-refractivity contribution is -0.139. The third kappa shape index (κ3) is 7.85. The van der Waals surface area contributed by atoms with Gasteiger partial charge in [-0.25, -0.2) is 8.42 Å². The number of ether oxygens (including phenoxy) is 1.